The molecule has 8 heteroatoms. The topological polar surface area (TPSA) is 96.5 Å². The van der Waals surface area contributed by atoms with Crippen molar-refractivity contribution in [3.63, 3.8) is 0 Å². The van der Waals surface area contributed by atoms with Crippen LogP contribution in [-0.4, -0.2) is 25.0 Å². The van der Waals surface area contributed by atoms with Crippen molar-refractivity contribution < 1.29 is 19.1 Å². The number of hydrogen-bond donors (Lipinski definition) is 3. The van der Waals surface area contributed by atoms with E-state index in [-0.39, 0.29) is 18.2 Å². The number of nitrogens with one attached hydrogen (secondary N) is 3. The molecule has 0 radical (unpaired) electrons. The number of methoxy groups -OCH3 is 1. The molecule has 3 aromatic carbocycles. The molecule has 0 saturated heterocycles. The minimum atomic E-state index is -0.554. The van der Waals surface area contributed by atoms with E-state index in [1.54, 1.807) is 48.5 Å². The van der Waals surface area contributed by atoms with Crippen LogP contribution in [0.15, 0.2) is 78.9 Å². The van der Waals surface area contributed by atoms with E-state index in [2.05, 4.69) is 20.7 Å². The Hall–Kier alpha value is -3.84. The lowest BCUT2D eigenvalue weighted by Gasteiger charge is -2.19. The quantitative estimate of drug-likeness (QED) is 0.449. The Bertz CT molecular complexity index is 1100. The van der Waals surface area contributed by atoms with Crippen LogP contribution < -0.4 is 16.0 Å². The first-order valence-corrected chi connectivity index (χ1v) is 10.6. The van der Waals surface area contributed by atoms with E-state index < -0.39 is 12.1 Å². The van der Waals surface area contributed by atoms with E-state index in [9.17, 15) is 14.4 Å². The molecule has 170 valence electrons. The van der Waals surface area contributed by atoms with Gasteiger partial charge in [0.25, 0.3) is 5.91 Å². The summed E-state index contributed by atoms with van der Waals surface area (Å²) in [6.07, 6.45) is -0.496. The van der Waals surface area contributed by atoms with Gasteiger partial charge >= 0.3 is 6.09 Å². The maximum atomic E-state index is 12.8. The van der Waals surface area contributed by atoms with E-state index in [1.165, 1.54) is 7.11 Å². The second kappa shape index (κ2) is 11.7. The molecule has 0 spiro atoms. The molecule has 3 aromatic rings. The molecule has 3 N–H and O–H groups in total. The van der Waals surface area contributed by atoms with Gasteiger partial charge in [-0.3, -0.25) is 14.9 Å². The summed E-state index contributed by atoms with van der Waals surface area (Å²) in [4.78, 5) is 36.7. The number of carbonyl (C=O) groups excluding carboxylic acids is 3. The molecule has 0 heterocycles. The fraction of sp³-hybridized carbons (Fsp3) is 0.160. The van der Waals surface area contributed by atoms with Crippen LogP contribution in [0.5, 0.6) is 0 Å². The zero-order chi connectivity index (χ0) is 23.6. The van der Waals surface area contributed by atoms with Gasteiger partial charge < -0.3 is 15.4 Å². The maximum Gasteiger partial charge on any atom is 0.411 e. The van der Waals surface area contributed by atoms with Crippen LogP contribution in [0, 0.1) is 0 Å². The molecule has 3 rings (SSSR count). The Morgan fingerprint density at radius 1 is 0.909 bits per heavy atom. The average Bonchev–Trinajstić information content (AvgIpc) is 2.84. The minimum Gasteiger partial charge on any atom is -0.453 e. The van der Waals surface area contributed by atoms with Crippen molar-refractivity contribution in [3.05, 3.63) is 101 Å². The van der Waals surface area contributed by atoms with Crippen molar-refractivity contribution >= 4 is 35.2 Å². The molecule has 1 unspecified atom stereocenters. The van der Waals surface area contributed by atoms with Crippen molar-refractivity contribution in [1.82, 2.24) is 10.6 Å². The first-order chi connectivity index (χ1) is 16.0. The highest BCUT2D eigenvalue weighted by Crippen LogP contribution is 2.20. The third kappa shape index (κ3) is 7.08. The predicted octanol–water partition coefficient (Wildman–Crippen LogP) is 4.70. The van der Waals surface area contributed by atoms with Crippen LogP contribution in [0.2, 0.25) is 5.02 Å². The number of halogens is 1. The number of benzene rings is 3. The summed E-state index contributed by atoms with van der Waals surface area (Å²) in [5.41, 5.74) is 2.60. The van der Waals surface area contributed by atoms with Gasteiger partial charge in [-0.15, -0.1) is 0 Å². The zero-order valence-corrected chi connectivity index (χ0v) is 18.8. The third-order valence-corrected chi connectivity index (χ3v) is 5.22. The minimum absolute atomic E-state index is 0.0577. The van der Waals surface area contributed by atoms with Crippen molar-refractivity contribution in [2.45, 2.75) is 19.0 Å². The van der Waals surface area contributed by atoms with E-state index in [0.29, 0.717) is 22.8 Å². The van der Waals surface area contributed by atoms with Crippen LogP contribution in [0.1, 0.15) is 33.9 Å². The van der Waals surface area contributed by atoms with Gasteiger partial charge in [-0.25, -0.2) is 4.79 Å². The Morgan fingerprint density at radius 2 is 1.58 bits per heavy atom. The first kappa shape index (κ1) is 23.8. The summed E-state index contributed by atoms with van der Waals surface area (Å²) in [5.74, 6) is -0.573. The van der Waals surface area contributed by atoms with E-state index >= 15 is 0 Å². The molecule has 0 bridgehead atoms. The summed E-state index contributed by atoms with van der Waals surface area (Å²) < 4.78 is 4.55. The molecule has 0 saturated carbocycles. The van der Waals surface area contributed by atoms with Gasteiger partial charge in [0.2, 0.25) is 5.91 Å². The van der Waals surface area contributed by atoms with Crippen LogP contribution >= 0.6 is 11.6 Å². The number of anilines is 1. The first-order valence-electron chi connectivity index (χ1n) is 10.3. The van der Waals surface area contributed by atoms with Crippen molar-refractivity contribution in [3.8, 4) is 0 Å². The Balaban J connectivity index is 1.62. The molecular formula is C25H24ClN3O4. The number of amides is 3. The van der Waals surface area contributed by atoms with Gasteiger partial charge in [-0.2, -0.15) is 0 Å². The zero-order valence-electron chi connectivity index (χ0n) is 18.0. The van der Waals surface area contributed by atoms with Crippen molar-refractivity contribution in [2.24, 2.45) is 0 Å². The Labute approximate surface area is 197 Å². The molecule has 0 aliphatic rings. The number of hydrogen-bond acceptors (Lipinski definition) is 4. The Kier molecular flexibility index (Phi) is 8.43. The smallest absolute Gasteiger partial charge is 0.411 e. The summed E-state index contributed by atoms with van der Waals surface area (Å²) in [5, 5.41) is 8.69. The predicted molar refractivity (Wildman–Crippen MR) is 127 cm³/mol. The second-order valence-electron chi connectivity index (χ2n) is 7.21. The lowest BCUT2D eigenvalue weighted by Crippen LogP contribution is -2.33. The summed E-state index contributed by atoms with van der Waals surface area (Å²) in [7, 11) is 1.29. The third-order valence-electron chi connectivity index (χ3n) is 4.89. The van der Waals surface area contributed by atoms with Gasteiger partial charge in [0.1, 0.15) is 0 Å². The van der Waals surface area contributed by atoms with Gasteiger partial charge in [0.05, 0.1) is 30.2 Å². The second-order valence-corrected chi connectivity index (χ2v) is 7.62. The summed E-state index contributed by atoms with van der Waals surface area (Å²) in [6, 6.07) is 22.5. The lowest BCUT2D eigenvalue weighted by atomic mass is 10.0. The lowest BCUT2D eigenvalue weighted by molar-refractivity contribution is -0.121. The van der Waals surface area contributed by atoms with E-state index in [0.717, 1.165) is 11.1 Å². The molecular weight excluding hydrogens is 442 g/mol. The molecule has 0 aliphatic carbocycles. The summed E-state index contributed by atoms with van der Waals surface area (Å²) >= 11 is 6.15. The SMILES string of the molecule is COC(=O)Nc1ccc(CNC(=O)CC(NC(=O)c2ccccc2Cl)c2ccccc2)cc1. The molecule has 7 nitrogen and oxygen atoms in total. The van der Waals surface area contributed by atoms with Gasteiger partial charge in [0.15, 0.2) is 0 Å². The van der Waals surface area contributed by atoms with E-state index in [1.807, 2.05) is 30.3 Å². The van der Waals surface area contributed by atoms with Gasteiger partial charge in [-0.1, -0.05) is 66.2 Å². The van der Waals surface area contributed by atoms with Crippen LogP contribution in [0.4, 0.5) is 10.5 Å². The fourth-order valence-corrected chi connectivity index (χ4v) is 3.37. The highest BCUT2D eigenvalue weighted by molar-refractivity contribution is 6.33. The molecule has 3 amide bonds. The van der Waals surface area contributed by atoms with Gasteiger partial charge in [0, 0.05) is 12.2 Å². The highest BCUT2D eigenvalue weighted by Gasteiger charge is 2.20. The number of rotatable bonds is 8. The standard InChI is InChI=1S/C25H24ClN3O4/c1-33-25(32)28-19-13-11-17(12-14-19)16-27-23(30)15-22(18-7-3-2-4-8-18)29-24(31)20-9-5-6-10-21(20)26/h2-14,22H,15-16H2,1H3,(H,27,30)(H,28,32)(H,29,31). The van der Waals surface area contributed by atoms with Gasteiger partial charge in [-0.05, 0) is 35.4 Å². The van der Waals surface area contributed by atoms with E-state index in [4.69, 9.17) is 11.6 Å². The molecule has 0 aromatic heterocycles. The summed E-state index contributed by atoms with van der Waals surface area (Å²) in [6.45, 7) is 0.303. The van der Waals surface area contributed by atoms with Crippen molar-refractivity contribution in [1.29, 1.82) is 0 Å². The molecule has 0 aliphatic heterocycles. The fourth-order valence-electron chi connectivity index (χ4n) is 3.15. The van der Waals surface area contributed by atoms with Crippen LogP contribution in [-0.2, 0) is 16.1 Å². The largest absolute Gasteiger partial charge is 0.453 e. The molecule has 33 heavy (non-hydrogen) atoms. The number of ether oxygens (including phenoxy) is 1. The normalized spacial score (nSPS) is 11.2. The maximum absolute atomic E-state index is 12.8. The molecule has 1 atom stereocenters. The van der Waals surface area contributed by atoms with Crippen LogP contribution in [0.25, 0.3) is 0 Å². The average molecular weight is 466 g/mol. The Morgan fingerprint density at radius 3 is 2.24 bits per heavy atom. The monoisotopic (exact) mass is 465 g/mol. The van der Waals surface area contributed by atoms with Crippen LogP contribution in [0.3, 0.4) is 0 Å². The molecule has 0 fully saturated rings. The van der Waals surface area contributed by atoms with Crippen molar-refractivity contribution in [2.75, 3.05) is 12.4 Å². The highest BCUT2D eigenvalue weighted by atomic mass is 35.5. The number of carbonyl (C=O) groups is 3.